The molecule has 2 aliphatic heterocycles. The molecule has 7 heteroatoms. The van der Waals surface area contributed by atoms with Gasteiger partial charge in [0.25, 0.3) is 5.91 Å². The Morgan fingerprint density at radius 1 is 1.04 bits per heavy atom. The molecule has 0 aliphatic carbocycles. The Labute approximate surface area is 149 Å². The second-order valence-corrected chi connectivity index (χ2v) is 7.46. The first-order valence-electron chi connectivity index (χ1n) is 7.05. The molecular formula is C16H12Br2N2O3. The molecule has 0 saturated carbocycles. The van der Waals surface area contributed by atoms with Crippen LogP contribution < -0.4 is 10.6 Å². The van der Waals surface area contributed by atoms with Crippen LogP contribution in [0.3, 0.4) is 0 Å². The quantitative estimate of drug-likeness (QED) is 0.475. The first kappa shape index (κ1) is 15.0. The molecule has 1 amide bonds. The largest absolute Gasteiger partial charge is 0.504 e. The molecule has 1 spiro atoms. The van der Waals surface area contributed by atoms with Crippen molar-refractivity contribution in [2.24, 2.45) is 0 Å². The van der Waals surface area contributed by atoms with E-state index in [0.29, 0.717) is 24.2 Å². The predicted octanol–water partition coefficient (Wildman–Crippen LogP) is 2.96. The summed E-state index contributed by atoms with van der Waals surface area (Å²) in [4.78, 5) is 12.9. The third-order valence-electron chi connectivity index (χ3n) is 4.43. The number of phenols is 2. The van der Waals surface area contributed by atoms with Gasteiger partial charge in [0.1, 0.15) is 0 Å². The third-order valence-corrected chi connectivity index (χ3v) is 5.51. The smallest absolute Gasteiger partial charge is 0.254 e. The van der Waals surface area contributed by atoms with Crippen molar-refractivity contribution in [2.75, 3.05) is 11.9 Å². The van der Waals surface area contributed by atoms with Crippen molar-refractivity contribution in [1.82, 2.24) is 5.32 Å². The number of carbonyl (C=O) groups is 1. The van der Waals surface area contributed by atoms with Crippen LogP contribution in [0.25, 0.3) is 0 Å². The highest BCUT2D eigenvalue weighted by Gasteiger charge is 2.51. The minimum atomic E-state index is -1.07. The number of hydrogen-bond acceptors (Lipinski definition) is 4. The van der Waals surface area contributed by atoms with E-state index in [1.165, 1.54) is 12.1 Å². The maximum atomic E-state index is 12.9. The molecule has 1 unspecified atom stereocenters. The van der Waals surface area contributed by atoms with Crippen molar-refractivity contribution in [3.05, 3.63) is 49.9 Å². The fourth-order valence-electron chi connectivity index (χ4n) is 3.42. The number of hydrogen-bond donors (Lipinski definition) is 4. The molecule has 0 fully saturated rings. The van der Waals surface area contributed by atoms with Crippen molar-refractivity contribution in [3.63, 3.8) is 0 Å². The third kappa shape index (κ3) is 1.96. The zero-order valence-corrected chi connectivity index (χ0v) is 15.0. The molecule has 2 heterocycles. The van der Waals surface area contributed by atoms with E-state index in [2.05, 4.69) is 42.5 Å². The van der Waals surface area contributed by atoms with Crippen LogP contribution in [0.5, 0.6) is 11.5 Å². The number of aromatic hydroxyl groups is 2. The summed E-state index contributed by atoms with van der Waals surface area (Å²) in [5.41, 5.74) is 1.94. The Morgan fingerprint density at radius 2 is 1.78 bits per heavy atom. The average molecular weight is 440 g/mol. The number of rotatable bonds is 0. The van der Waals surface area contributed by atoms with Crippen molar-refractivity contribution in [3.8, 4) is 11.5 Å². The Bertz CT molecular complexity index is 869. The molecule has 118 valence electrons. The summed E-state index contributed by atoms with van der Waals surface area (Å²) in [6.07, 6.45) is 0.669. The van der Waals surface area contributed by atoms with Crippen molar-refractivity contribution >= 4 is 43.5 Å². The number of phenolic OH excluding ortho intramolecular Hbond substituents is 2. The second kappa shape index (κ2) is 4.96. The molecule has 4 rings (SSSR count). The van der Waals surface area contributed by atoms with Crippen LogP contribution in [0.1, 0.15) is 16.7 Å². The number of benzene rings is 2. The second-order valence-electron chi connectivity index (χ2n) is 5.69. The van der Waals surface area contributed by atoms with Gasteiger partial charge in [-0.3, -0.25) is 10.1 Å². The van der Waals surface area contributed by atoms with Crippen LogP contribution >= 0.6 is 31.9 Å². The van der Waals surface area contributed by atoms with E-state index < -0.39 is 5.54 Å². The summed E-state index contributed by atoms with van der Waals surface area (Å²) in [6.45, 7) is 0.591. The molecule has 0 saturated heterocycles. The Kier molecular flexibility index (Phi) is 3.23. The minimum Gasteiger partial charge on any atom is -0.504 e. The lowest BCUT2D eigenvalue weighted by molar-refractivity contribution is -0.120. The molecule has 5 nitrogen and oxygen atoms in total. The first-order chi connectivity index (χ1) is 10.9. The zero-order chi connectivity index (χ0) is 16.4. The number of nitrogens with one attached hydrogen (secondary N) is 2. The maximum absolute atomic E-state index is 12.9. The summed E-state index contributed by atoms with van der Waals surface area (Å²) in [7, 11) is 0. The van der Waals surface area contributed by atoms with E-state index in [-0.39, 0.29) is 17.4 Å². The molecule has 4 N–H and O–H groups in total. The van der Waals surface area contributed by atoms with E-state index in [1.54, 1.807) is 0 Å². The highest BCUT2D eigenvalue weighted by molar-refractivity contribution is 9.11. The van der Waals surface area contributed by atoms with Gasteiger partial charge < -0.3 is 15.5 Å². The van der Waals surface area contributed by atoms with Gasteiger partial charge >= 0.3 is 0 Å². The Morgan fingerprint density at radius 3 is 2.57 bits per heavy atom. The molecule has 2 aliphatic rings. The van der Waals surface area contributed by atoms with Gasteiger partial charge in [-0.1, -0.05) is 15.9 Å². The van der Waals surface area contributed by atoms with Crippen LogP contribution in [0.2, 0.25) is 0 Å². The van der Waals surface area contributed by atoms with Crippen LogP contribution in [0.15, 0.2) is 33.2 Å². The molecule has 23 heavy (non-hydrogen) atoms. The molecular weight excluding hydrogens is 428 g/mol. The van der Waals surface area contributed by atoms with Gasteiger partial charge in [-0.15, -0.1) is 0 Å². The fourth-order valence-corrected chi connectivity index (χ4v) is 4.75. The van der Waals surface area contributed by atoms with Gasteiger partial charge in [-0.25, -0.2) is 0 Å². The molecule has 0 bridgehead atoms. The van der Waals surface area contributed by atoms with Gasteiger partial charge in [0.2, 0.25) is 0 Å². The molecule has 2 aromatic rings. The molecule has 1 atom stereocenters. The highest BCUT2D eigenvalue weighted by atomic mass is 79.9. The number of halogens is 2. The fraction of sp³-hybridized carbons (Fsp3) is 0.188. The lowest BCUT2D eigenvalue weighted by atomic mass is 9.78. The lowest BCUT2D eigenvalue weighted by Crippen LogP contribution is -2.52. The van der Waals surface area contributed by atoms with Gasteiger partial charge in [0.15, 0.2) is 17.0 Å². The summed E-state index contributed by atoms with van der Waals surface area (Å²) in [5.74, 6) is -0.602. The molecule has 0 aromatic heterocycles. The normalized spacial score (nSPS) is 21.9. The Hall–Kier alpha value is -1.57. The van der Waals surface area contributed by atoms with Crippen LogP contribution in [-0.2, 0) is 16.8 Å². The van der Waals surface area contributed by atoms with Crippen molar-refractivity contribution < 1.29 is 15.0 Å². The molecule has 2 aromatic carbocycles. The van der Waals surface area contributed by atoms with Crippen LogP contribution in [0.4, 0.5) is 5.69 Å². The standard InChI is InChI=1S/C16H12Br2N2O3/c17-8-4-10-14(11(18)5-8)20-15(23)16(10)9-6-13(22)12(21)3-7(9)1-2-19-16/h3-6,19,21-22H,1-2H2,(H,20,23). The first-order valence-corrected chi connectivity index (χ1v) is 8.63. The maximum Gasteiger partial charge on any atom is 0.254 e. The summed E-state index contributed by atoms with van der Waals surface area (Å²) in [6, 6.07) is 6.77. The highest BCUT2D eigenvalue weighted by Crippen LogP contribution is 2.49. The number of amides is 1. The minimum absolute atomic E-state index is 0.171. The van der Waals surface area contributed by atoms with Crippen molar-refractivity contribution in [1.29, 1.82) is 0 Å². The van der Waals surface area contributed by atoms with Gasteiger partial charge in [0, 0.05) is 21.1 Å². The van der Waals surface area contributed by atoms with Gasteiger partial charge in [0.05, 0.1) is 5.69 Å². The van der Waals surface area contributed by atoms with Crippen molar-refractivity contribution in [2.45, 2.75) is 12.0 Å². The van der Waals surface area contributed by atoms with Gasteiger partial charge in [-0.2, -0.15) is 0 Å². The summed E-state index contributed by atoms with van der Waals surface area (Å²) >= 11 is 6.95. The van der Waals surface area contributed by atoms with E-state index >= 15 is 0 Å². The average Bonchev–Trinajstić information content (AvgIpc) is 2.76. The van der Waals surface area contributed by atoms with E-state index in [9.17, 15) is 15.0 Å². The van der Waals surface area contributed by atoms with E-state index in [0.717, 1.165) is 20.1 Å². The lowest BCUT2D eigenvalue weighted by Gasteiger charge is -2.35. The van der Waals surface area contributed by atoms with Crippen LogP contribution in [-0.4, -0.2) is 22.7 Å². The van der Waals surface area contributed by atoms with Crippen LogP contribution in [0, 0.1) is 0 Å². The topological polar surface area (TPSA) is 81.6 Å². The number of fused-ring (bicyclic) bond motifs is 4. The Balaban J connectivity index is 2.06. The molecule has 0 radical (unpaired) electrons. The SMILES string of the molecule is O=C1Nc2c(Br)cc(Br)cc2C12NCCc1cc(O)c(O)cc12. The van der Waals surface area contributed by atoms with E-state index in [1.807, 2.05) is 12.1 Å². The number of carbonyl (C=O) groups excluding carboxylic acids is 1. The van der Waals surface area contributed by atoms with E-state index in [4.69, 9.17) is 0 Å². The monoisotopic (exact) mass is 438 g/mol. The summed E-state index contributed by atoms with van der Waals surface area (Å²) in [5, 5.41) is 25.9. The van der Waals surface area contributed by atoms with Gasteiger partial charge in [-0.05, 0) is 57.7 Å². The number of anilines is 1. The predicted molar refractivity (Wildman–Crippen MR) is 92.7 cm³/mol. The summed E-state index contributed by atoms with van der Waals surface area (Å²) < 4.78 is 1.62. The zero-order valence-electron chi connectivity index (χ0n) is 11.8.